The molecular formula is C18H26N2O3. The van der Waals surface area contributed by atoms with E-state index in [1.165, 1.54) is 0 Å². The first-order valence-corrected chi connectivity index (χ1v) is 8.25. The summed E-state index contributed by atoms with van der Waals surface area (Å²) in [5.74, 6) is 0.0561. The number of carbonyl (C=O) groups excluding carboxylic acids is 2. The summed E-state index contributed by atoms with van der Waals surface area (Å²) in [6.45, 7) is 4.27. The Morgan fingerprint density at radius 1 is 1.26 bits per heavy atom. The maximum Gasteiger partial charge on any atom is 0.227 e. The molecule has 1 atom stereocenters. The number of amides is 2. The first kappa shape index (κ1) is 17.5. The van der Waals surface area contributed by atoms with Crippen LogP contribution in [0.4, 0.5) is 0 Å². The summed E-state index contributed by atoms with van der Waals surface area (Å²) in [7, 11) is 0. The summed E-state index contributed by atoms with van der Waals surface area (Å²) in [4.78, 5) is 25.3. The zero-order chi connectivity index (χ0) is 16.7. The van der Waals surface area contributed by atoms with Gasteiger partial charge in [0.15, 0.2) is 0 Å². The van der Waals surface area contributed by atoms with Gasteiger partial charge in [-0.15, -0.1) is 0 Å². The lowest BCUT2D eigenvalue weighted by Gasteiger charge is -2.33. The van der Waals surface area contributed by atoms with Crippen LogP contribution < -0.4 is 5.73 Å². The second-order valence-electron chi connectivity index (χ2n) is 6.34. The SMILES string of the molecule is C[C@H](COCc1ccccc1)C(=O)N1CCC(CC(N)=O)CC1. The Bertz CT molecular complexity index is 510. The van der Waals surface area contributed by atoms with Crippen molar-refractivity contribution in [1.29, 1.82) is 0 Å². The highest BCUT2D eigenvalue weighted by atomic mass is 16.5. The maximum atomic E-state index is 12.4. The Labute approximate surface area is 137 Å². The standard InChI is InChI=1S/C18H26N2O3/c1-14(12-23-13-16-5-3-2-4-6-16)18(22)20-9-7-15(8-10-20)11-17(19)21/h2-6,14-15H,7-13H2,1H3,(H2,19,21)/t14-/m1/s1. The van der Waals surface area contributed by atoms with Crippen molar-refractivity contribution in [2.75, 3.05) is 19.7 Å². The molecule has 2 amide bonds. The van der Waals surface area contributed by atoms with E-state index in [4.69, 9.17) is 10.5 Å². The topological polar surface area (TPSA) is 72.6 Å². The fourth-order valence-corrected chi connectivity index (χ4v) is 2.95. The van der Waals surface area contributed by atoms with E-state index in [1.807, 2.05) is 42.2 Å². The lowest BCUT2D eigenvalue weighted by atomic mass is 9.92. The van der Waals surface area contributed by atoms with Crippen LogP contribution in [-0.2, 0) is 20.9 Å². The summed E-state index contributed by atoms with van der Waals surface area (Å²) in [6.07, 6.45) is 2.14. The van der Waals surface area contributed by atoms with Gasteiger partial charge in [-0.1, -0.05) is 37.3 Å². The van der Waals surface area contributed by atoms with Gasteiger partial charge in [0, 0.05) is 19.5 Å². The minimum absolute atomic E-state index is 0.135. The number of primary amides is 1. The second-order valence-corrected chi connectivity index (χ2v) is 6.34. The number of hydrogen-bond donors (Lipinski definition) is 1. The average molecular weight is 318 g/mol. The van der Waals surface area contributed by atoms with E-state index in [0.29, 0.717) is 38.6 Å². The van der Waals surface area contributed by atoms with Crippen LogP contribution in [0.25, 0.3) is 0 Å². The minimum Gasteiger partial charge on any atom is -0.376 e. The molecule has 0 spiro atoms. The fourth-order valence-electron chi connectivity index (χ4n) is 2.95. The Morgan fingerprint density at radius 3 is 2.52 bits per heavy atom. The van der Waals surface area contributed by atoms with Gasteiger partial charge in [0.25, 0.3) is 0 Å². The minimum atomic E-state index is -0.252. The molecule has 0 aliphatic carbocycles. The predicted octanol–water partition coefficient (Wildman–Crippen LogP) is 1.95. The molecular weight excluding hydrogens is 292 g/mol. The molecule has 1 aliphatic rings. The van der Waals surface area contributed by atoms with Crippen molar-refractivity contribution >= 4 is 11.8 Å². The summed E-state index contributed by atoms with van der Waals surface area (Å²) in [6, 6.07) is 9.94. The zero-order valence-electron chi connectivity index (χ0n) is 13.7. The van der Waals surface area contributed by atoms with Crippen molar-refractivity contribution in [2.24, 2.45) is 17.6 Å². The first-order valence-electron chi connectivity index (χ1n) is 8.25. The highest BCUT2D eigenvalue weighted by Crippen LogP contribution is 2.21. The molecule has 0 aromatic heterocycles. The zero-order valence-corrected chi connectivity index (χ0v) is 13.7. The lowest BCUT2D eigenvalue weighted by molar-refractivity contribution is -0.138. The molecule has 5 nitrogen and oxygen atoms in total. The lowest BCUT2D eigenvalue weighted by Crippen LogP contribution is -2.42. The van der Waals surface area contributed by atoms with Crippen molar-refractivity contribution in [3.8, 4) is 0 Å². The van der Waals surface area contributed by atoms with Crippen LogP contribution in [0.3, 0.4) is 0 Å². The van der Waals surface area contributed by atoms with E-state index < -0.39 is 0 Å². The van der Waals surface area contributed by atoms with E-state index >= 15 is 0 Å². The summed E-state index contributed by atoms with van der Waals surface area (Å²) < 4.78 is 5.66. The van der Waals surface area contributed by atoms with Gasteiger partial charge in [-0.05, 0) is 24.3 Å². The molecule has 126 valence electrons. The molecule has 1 aromatic carbocycles. The summed E-state index contributed by atoms with van der Waals surface area (Å²) >= 11 is 0. The van der Waals surface area contributed by atoms with Crippen LogP contribution in [0.2, 0.25) is 0 Å². The van der Waals surface area contributed by atoms with Gasteiger partial charge in [0.1, 0.15) is 0 Å². The number of likely N-dealkylation sites (tertiary alicyclic amines) is 1. The third-order valence-corrected chi connectivity index (χ3v) is 4.32. The molecule has 0 bridgehead atoms. The van der Waals surface area contributed by atoms with Crippen molar-refractivity contribution in [2.45, 2.75) is 32.8 Å². The first-order chi connectivity index (χ1) is 11.1. The van der Waals surface area contributed by atoms with Crippen molar-refractivity contribution in [3.63, 3.8) is 0 Å². The third kappa shape index (κ3) is 5.67. The van der Waals surface area contributed by atoms with Crippen LogP contribution in [-0.4, -0.2) is 36.4 Å². The molecule has 1 heterocycles. The van der Waals surface area contributed by atoms with Gasteiger partial charge < -0.3 is 15.4 Å². The molecule has 2 N–H and O–H groups in total. The van der Waals surface area contributed by atoms with E-state index in [2.05, 4.69) is 0 Å². The number of nitrogens with zero attached hydrogens (tertiary/aromatic N) is 1. The highest BCUT2D eigenvalue weighted by molar-refractivity contribution is 5.78. The molecule has 0 radical (unpaired) electrons. The van der Waals surface area contributed by atoms with E-state index in [9.17, 15) is 9.59 Å². The van der Waals surface area contributed by atoms with E-state index in [1.54, 1.807) is 0 Å². The Kier molecular flexibility index (Phi) is 6.59. The molecule has 1 aliphatic heterocycles. The van der Waals surface area contributed by atoms with Crippen LogP contribution in [0, 0.1) is 11.8 Å². The molecule has 2 rings (SSSR count). The average Bonchev–Trinajstić information content (AvgIpc) is 2.55. The number of piperidine rings is 1. The molecule has 1 fully saturated rings. The Hall–Kier alpha value is -1.88. The van der Waals surface area contributed by atoms with Crippen LogP contribution in [0.1, 0.15) is 31.7 Å². The van der Waals surface area contributed by atoms with Gasteiger partial charge in [-0.2, -0.15) is 0 Å². The van der Waals surface area contributed by atoms with Gasteiger partial charge in [0.2, 0.25) is 11.8 Å². The van der Waals surface area contributed by atoms with Crippen LogP contribution >= 0.6 is 0 Å². The van der Waals surface area contributed by atoms with Crippen LogP contribution in [0.5, 0.6) is 0 Å². The van der Waals surface area contributed by atoms with Gasteiger partial charge in [0.05, 0.1) is 19.1 Å². The highest BCUT2D eigenvalue weighted by Gasteiger charge is 2.26. The van der Waals surface area contributed by atoms with Crippen molar-refractivity contribution < 1.29 is 14.3 Å². The predicted molar refractivity (Wildman–Crippen MR) is 88.4 cm³/mol. The number of hydrogen-bond acceptors (Lipinski definition) is 3. The number of rotatable bonds is 7. The van der Waals surface area contributed by atoms with E-state index in [-0.39, 0.29) is 17.7 Å². The number of nitrogens with two attached hydrogens (primary N) is 1. The number of carbonyl (C=O) groups is 2. The monoisotopic (exact) mass is 318 g/mol. The second kappa shape index (κ2) is 8.67. The molecule has 23 heavy (non-hydrogen) atoms. The summed E-state index contributed by atoms with van der Waals surface area (Å²) in [5, 5.41) is 0. The third-order valence-electron chi connectivity index (χ3n) is 4.32. The van der Waals surface area contributed by atoms with Crippen LogP contribution in [0.15, 0.2) is 30.3 Å². The Balaban J connectivity index is 1.70. The van der Waals surface area contributed by atoms with Gasteiger partial charge >= 0.3 is 0 Å². The number of ether oxygens (including phenoxy) is 1. The quantitative estimate of drug-likeness (QED) is 0.835. The Morgan fingerprint density at radius 2 is 1.91 bits per heavy atom. The molecule has 1 saturated heterocycles. The fraction of sp³-hybridized carbons (Fsp3) is 0.556. The van der Waals surface area contributed by atoms with E-state index in [0.717, 1.165) is 18.4 Å². The van der Waals surface area contributed by atoms with Gasteiger partial charge in [-0.25, -0.2) is 0 Å². The maximum absolute atomic E-state index is 12.4. The van der Waals surface area contributed by atoms with Crippen molar-refractivity contribution in [1.82, 2.24) is 4.90 Å². The summed E-state index contributed by atoms with van der Waals surface area (Å²) in [5.41, 5.74) is 6.34. The van der Waals surface area contributed by atoms with Crippen molar-refractivity contribution in [3.05, 3.63) is 35.9 Å². The normalized spacial score (nSPS) is 17.0. The van der Waals surface area contributed by atoms with Gasteiger partial charge in [-0.3, -0.25) is 9.59 Å². The molecule has 5 heteroatoms. The number of benzene rings is 1. The largest absolute Gasteiger partial charge is 0.376 e. The molecule has 1 aromatic rings. The molecule has 0 saturated carbocycles. The smallest absolute Gasteiger partial charge is 0.227 e. The molecule has 0 unspecified atom stereocenters.